The van der Waals surface area contributed by atoms with E-state index >= 15 is 0 Å². The molecule has 0 aliphatic carbocycles. The van der Waals surface area contributed by atoms with Crippen LogP contribution in [0.1, 0.15) is 0 Å². The third-order valence-electron chi connectivity index (χ3n) is 2.37. The van der Waals surface area contributed by atoms with Crippen LogP contribution >= 0.6 is 0 Å². The highest BCUT2D eigenvalue weighted by Gasteiger charge is 2.06. The van der Waals surface area contributed by atoms with Crippen molar-refractivity contribution in [1.82, 2.24) is 14.9 Å². The van der Waals surface area contributed by atoms with Crippen LogP contribution < -0.4 is 5.32 Å². The fourth-order valence-corrected chi connectivity index (χ4v) is 1.69. The number of nitrogens with zero attached hydrogens (tertiary/aromatic N) is 2. The summed E-state index contributed by atoms with van der Waals surface area (Å²) >= 11 is 0. The van der Waals surface area contributed by atoms with Gasteiger partial charge in [-0.3, -0.25) is 0 Å². The Hall–Kier alpha value is -1.39. The van der Waals surface area contributed by atoms with E-state index < -0.39 is 0 Å². The van der Waals surface area contributed by atoms with E-state index in [2.05, 4.69) is 10.3 Å². The van der Waals surface area contributed by atoms with Gasteiger partial charge >= 0.3 is 0 Å². The van der Waals surface area contributed by atoms with Gasteiger partial charge in [0.2, 0.25) is 0 Å². The molecule has 0 aliphatic heterocycles. The quantitative estimate of drug-likeness (QED) is 0.769. The van der Waals surface area contributed by atoms with Crippen LogP contribution in [0.25, 0.3) is 11.0 Å². The molecule has 2 N–H and O–H groups in total. The van der Waals surface area contributed by atoms with E-state index in [1.807, 2.05) is 36.0 Å². The van der Waals surface area contributed by atoms with Crippen LogP contribution in [0.5, 0.6) is 0 Å². The van der Waals surface area contributed by atoms with Crippen molar-refractivity contribution in [3.63, 3.8) is 0 Å². The van der Waals surface area contributed by atoms with Gasteiger partial charge in [-0.05, 0) is 25.2 Å². The summed E-state index contributed by atoms with van der Waals surface area (Å²) in [5.41, 5.74) is 0.924. The fraction of sp³-hybridized carbons (Fsp3) is 0.364. The monoisotopic (exact) mass is 205 g/mol. The molecule has 0 spiro atoms. The highest BCUT2D eigenvalue weighted by Crippen LogP contribution is 2.12. The molecule has 4 nitrogen and oxygen atoms in total. The van der Waals surface area contributed by atoms with E-state index in [0.717, 1.165) is 11.0 Å². The fourth-order valence-electron chi connectivity index (χ4n) is 1.69. The Kier molecular flexibility index (Phi) is 2.99. The minimum absolute atomic E-state index is 0.382. The van der Waals surface area contributed by atoms with Gasteiger partial charge in [-0.15, -0.1) is 0 Å². The first kappa shape index (κ1) is 10.1. The molecule has 2 heterocycles. The van der Waals surface area contributed by atoms with Gasteiger partial charge in [0, 0.05) is 24.3 Å². The van der Waals surface area contributed by atoms with Gasteiger partial charge in [0.05, 0.1) is 12.6 Å². The van der Waals surface area contributed by atoms with Gasteiger partial charge < -0.3 is 15.0 Å². The Morgan fingerprint density at radius 1 is 1.53 bits per heavy atom. The summed E-state index contributed by atoms with van der Waals surface area (Å²) in [5.74, 6) is 0. The average molecular weight is 205 g/mol. The number of likely N-dealkylation sites (N-methyl/N-ethyl adjacent to an activating group) is 1. The van der Waals surface area contributed by atoms with Gasteiger partial charge in [-0.1, -0.05) is 0 Å². The van der Waals surface area contributed by atoms with E-state index in [9.17, 15) is 5.11 Å². The third-order valence-corrected chi connectivity index (χ3v) is 2.37. The van der Waals surface area contributed by atoms with E-state index in [0.29, 0.717) is 13.1 Å². The van der Waals surface area contributed by atoms with Crippen molar-refractivity contribution < 1.29 is 5.11 Å². The number of pyridine rings is 1. The van der Waals surface area contributed by atoms with Crippen LogP contribution in [0.2, 0.25) is 0 Å². The largest absolute Gasteiger partial charge is 0.390 e. The van der Waals surface area contributed by atoms with Gasteiger partial charge in [-0.25, -0.2) is 4.98 Å². The molecule has 0 radical (unpaired) electrons. The maximum absolute atomic E-state index is 9.67. The van der Waals surface area contributed by atoms with Crippen LogP contribution in [-0.2, 0) is 6.54 Å². The SMILES string of the molecule is CNC[C@@H](O)Cn1ccc2cccnc21. The molecule has 2 aromatic heterocycles. The van der Waals surface area contributed by atoms with Crippen LogP contribution in [0.15, 0.2) is 30.6 Å². The van der Waals surface area contributed by atoms with Crippen molar-refractivity contribution in [3.05, 3.63) is 30.6 Å². The predicted molar refractivity (Wildman–Crippen MR) is 59.7 cm³/mol. The number of hydrogen-bond donors (Lipinski definition) is 2. The zero-order valence-electron chi connectivity index (χ0n) is 8.72. The maximum atomic E-state index is 9.67. The lowest BCUT2D eigenvalue weighted by Crippen LogP contribution is -2.27. The summed E-state index contributed by atoms with van der Waals surface area (Å²) in [6.45, 7) is 1.16. The second-order valence-electron chi connectivity index (χ2n) is 3.60. The lowest BCUT2D eigenvalue weighted by atomic mass is 10.3. The molecule has 4 heteroatoms. The summed E-state index contributed by atoms with van der Waals surface area (Å²) in [5, 5.41) is 13.7. The maximum Gasteiger partial charge on any atom is 0.139 e. The van der Waals surface area contributed by atoms with E-state index in [4.69, 9.17) is 0 Å². The molecule has 15 heavy (non-hydrogen) atoms. The first-order valence-corrected chi connectivity index (χ1v) is 5.04. The summed E-state index contributed by atoms with van der Waals surface area (Å²) in [4.78, 5) is 4.29. The molecule has 0 aromatic carbocycles. The number of aliphatic hydroxyl groups excluding tert-OH is 1. The van der Waals surface area contributed by atoms with E-state index in [1.54, 1.807) is 6.20 Å². The lowest BCUT2D eigenvalue weighted by molar-refractivity contribution is 0.155. The molecule has 2 aromatic rings. The van der Waals surface area contributed by atoms with E-state index in [1.165, 1.54) is 0 Å². The molecule has 0 saturated carbocycles. The number of rotatable bonds is 4. The van der Waals surface area contributed by atoms with Gasteiger partial charge in [-0.2, -0.15) is 0 Å². The van der Waals surface area contributed by atoms with Gasteiger partial charge in [0.15, 0.2) is 0 Å². The average Bonchev–Trinajstić information content (AvgIpc) is 2.62. The number of fused-ring (bicyclic) bond motifs is 1. The molecule has 80 valence electrons. The topological polar surface area (TPSA) is 50.1 Å². The highest BCUT2D eigenvalue weighted by molar-refractivity contribution is 5.75. The molecule has 0 aliphatic rings. The first-order chi connectivity index (χ1) is 7.31. The van der Waals surface area contributed by atoms with Crippen molar-refractivity contribution in [1.29, 1.82) is 0 Å². The molecule has 0 fully saturated rings. The Bertz CT molecular complexity index is 438. The third kappa shape index (κ3) is 2.16. The molecular formula is C11H15N3O. The normalized spacial score (nSPS) is 13.2. The number of aromatic nitrogens is 2. The van der Waals surface area contributed by atoms with E-state index in [-0.39, 0.29) is 6.10 Å². The van der Waals surface area contributed by atoms with Gasteiger partial charge in [0.25, 0.3) is 0 Å². The second kappa shape index (κ2) is 4.42. The van der Waals surface area contributed by atoms with Crippen molar-refractivity contribution in [2.75, 3.05) is 13.6 Å². The zero-order chi connectivity index (χ0) is 10.7. The standard InChI is InChI=1S/C11H15N3O/c1-12-7-10(15)8-14-6-4-9-3-2-5-13-11(9)14/h2-6,10,12,15H,7-8H2,1H3/t10-/m1/s1. The van der Waals surface area contributed by atoms with Crippen molar-refractivity contribution >= 4 is 11.0 Å². The molecule has 1 atom stereocenters. The summed E-state index contributed by atoms with van der Waals surface area (Å²) in [6, 6.07) is 5.94. The first-order valence-electron chi connectivity index (χ1n) is 5.04. The molecule has 0 unspecified atom stereocenters. The molecular weight excluding hydrogens is 190 g/mol. The molecule has 0 saturated heterocycles. The van der Waals surface area contributed by atoms with Gasteiger partial charge in [0.1, 0.15) is 5.65 Å². The predicted octanol–water partition coefficient (Wildman–Crippen LogP) is 0.617. The van der Waals surface area contributed by atoms with Crippen molar-refractivity contribution in [3.8, 4) is 0 Å². The summed E-state index contributed by atoms with van der Waals surface area (Å²) in [7, 11) is 1.83. The van der Waals surface area contributed by atoms with Crippen molar-refractivity contribution in [2.45, 2.75) is 12.6 Å². The number of nitrogens with one attached hydrogen (secondary N) is 1. The summed E-state index contributed by atoms with van der Waals surface area (Å²) in [6.07, 6.45) is 3.34. The minimum atomic E-state index is -0.382. The second-order valence-corrected chi connectivity index (χ2v) is 3.60. The van der Waals surface area contributed by atoms with Crippen LogP contribution in [0, 0.1) is 0 Å². The van der Waals surface area contributed by atoms with Crippen LogP contribution in [0.4, 0.5) is 0 Å². The Morgan fingerprint density at radius 3 is 3.20 bits per heavy atom. The minimum Gasteiger partial charge on any atom is -0.390 e. The van der Waals surface area contributed by atoms with Crippen LogP contribution in [0.3, 0.4) is 0 Å². The summed E-state index contributed by atoms with van der Waals surface area (Å²) < 4.78 is 1.97. The number of aliphatic hydroxyl groups is 1. The Labute approximate surface area is 88.6 Å². The smallest absolute Gasteiger partial charge is 0.139 e. The molecule has 0 amide bonds. The lowest BCUT2D eigenvalue weighted by Gasteiger charge is -2.11. The Balaban J connectivity index is 2.21. The van der Waals surface area contributed by atoms with Crippen LogP contribution in [-0.4, -0.2) is 34.4 Å². The number of hydrogen-bond acceptors (Lipinski definition) is 3. The van der Waals surface area contributed by atoms with Crippen molar-refractivity contribution in [2.24, 2.45) is 0 Å². The molecule has 2 rings (SSSR count). The zero-order valence-corrected chi connectivity index (χ0v) is 8.72. The highest BCUT2D eigenvalue weighted by atomic mass is 16.3. The Morgan fingerprint density at radius 2 is 2.40 bits per heavy atom. The molecule has 0 bridgehead atoms.